The van der Waals surface area contributed by atoms with Crippen molar-refractivity contribution in [3.63, 3.8) is 0 Å². The normalized spacial score (nSPS) is 12.6. The van der Waals surface area contributed by atoms with Gasteiger partial charge in [-0.15, -0.1) is 0 Å². The second-order valence-electron chi connectivity index (χ2n) is 2.95. The third-order valence-electron chi connectivity index (χ3n) is 1.62. The number of hydrogen-bond acceptors (Lipinski definition) is 2. The summed E-state index contributed by atoms with van der Waals surface area (Å²) in [4.78, 5) is 0. The van der Waals surface area contributed by atoms with E-state index in [0.717, 1.165) is 12.1 Å². The molecule has 0 aliphatic heterocycles. The molecule has 14 heavy (non-hydrogen) atoms. The lowest BCUT2D eigenvalue weighted by Gasteiger charge is -2.09. The van der Waals surface area contributed by atoms with Crippen LogP contribution < -0.4 is 5.32 Å². The lowest BCUT2D eigenvalue weighted by molar-refractivity contribution is 0.208. The third-order valence-corrected chi connectivity index (χ3v) is 1.62. The van der Waals surface area contributed by atoms with Gasteiger partial charge in [-0.3, -0.25) is 0 Å². The highest BCUT2D eigenvalue weighted by atomic mass is 19.2. The topological polar surface area (TPSA) is 32.3 Å². The fourth-order valence-electron chi connectivity index (χ4n) is 0.920. The molecule has 1 rings (SSSR count). The van der Waals surface area contributed by atoms with Crippen molar-refractivity contribution in [3.8, 4) is 0 Å². The quantitative estimate of drug-likeness (QED) is 0.738. The number of aliphatic hydroxyl groups excluding tert-OH is 1. The van der Waals surface area contributed by atoms with Crippen LogP contribution in [0.3, 0.4) is 0 Å². The second-order valence-corrected chi connectivity index (χ2v) is 2.95. The maximum Gasteiger partial charge on any atom is 0.196 e. The number of aliphatic hydroxyl groups is 1. The molecule has 0 fully saturated rings. The van der Waals surface area contributed by atoms with Crippen LogP contribution >= 0.6 is 0 Å². The fraction of sp³-hybridized carbons (Fsp3) is 0.333. The summed E-state index contributed by atoms with van der Waals surface area (Å²) in [5, 5.41) is 11.3. The fourth-order valence-corrected chi connectivity index (χ4v) is 0.920. The Hall–Kier alpha value is -1.23. The van der Waals surface area contributed by atoms with Crippen molar-refractivity contribution >= 4 is 5.69 Å². The van der Waals surface area contributed by atoms with Crippen LogP contribution in [-0.4, -0.2) is 17.8 Å². The van der Waals surface area contributed by atoms with E-state index in [4.69, 9.17) is 5.11 Å². The van der Waals surface area contributed by atoms with Gasteiger partial charge in [0.05, 0.1) is 11.8 Å². The van der Waals surface area contributed by atoms with Crippen molar-refractivity contribution < 1.29 is 18.3 Å². The summed E-state index contributed by atoms with van der Waals surface area (Å²) in [6, 6.07) is 1.90. The van der Waals surface area contributed by atoms with Crippen LogP contribution in [0, 0.1) is 17.5 Å². The van der Waals surface area contributed by atoms with Crippen molar-refractivity contribution in [1.29, 1.82) is 0 Å². The average molecular weight is 205 g/mol. The predicted molar refractivity (Wildman–Crippen MR) is 46.5 cm³/mol. The molecule has 0 saturated heterocycles. The maximum atomic E-state index is 13.0. The summed E-state index contributed by atoms with van der Waals surface area (Å²) < 4.78 is 38.1. The number of halogens is 3. The van der Waals surface area contributed by atoms with Gasteiger partial charge in [0.25, 0.3) is 0 Å². The molecular formula is C9H10F3NO. The van der Waals surface area contributed by atoms with E-state index in [2.05, 4.69) is 5.32 Å². The molecule has 0 bridgehead atoms. The van der Waals surface area contributed by atoms with Gasteiger partial charge in [0, 0.05) is 6.54 Å². The van der Waals surface area contributed by atoms with Gasteiger partial charge in [-0.25, -0.2) is 13.2 Å². The molecule has 1 atom stereocenters. The minimum absolute atomic E-state index is 0.0714. The second kappa shape index (κ2) is 4.32. The molecular weight excluding hydrogens is 195 g/mol. The van der Waals surface area contributed by atoms with E-state index >= 15 is 0 Å². The van der Waals surface area contributed by atoms with Crippen LogP contribution in [-0.2, 0) is 0 Å². The molecule has 78 valence electrons. The van der Waals surface area contributed by atoms with Gasteiger partial charge >= 0.3 is 0 Å². The van der Waals surface area contributed by atoms with E-state index in [1.54, 1.807) is 0 Å². The van der Waals surface area contributed by atoms with E-state index in [9.17, 15) is 13.2 Å². The van der Waals surface area contributed by atoms with Crippen LogP contribution in [0.2, 0.25) is 0 Å². The van der Waals surface area contributed by atoms with Gasteiger partial charge in [0.15, 0.2) is 17.5 Å². The molecule has 2 nitrogen and oxygen atoms in total. The Morgan fingerprint density at radius 3 is 2.50 bits per heavy atom. The zero-order chi connectivity index (χ0) is 10.7. The number of benzene rings is 1. The Labute approximate surface area is 79.4 Å². The van der Waals surface area contributed by atoms with Crippen molar-refractivity contribution in [2.24, 2.45) is 0 Å². The van der Waals surface area contributed by atoms with E-state index in [-0.39, 0.29) is 12.2 Å². The summed E-state index contributed by atoms with van der Waals surface area (Å²) in [5.41, 5.74) is -0.162. The smallest absolute Gasteiger partial charge is 0.196 e. The Morgan fingerprint density at radius 2 is 1.93 bits per heavy atom. The summed E-state index contributed by atoms with van der Waals surface area (Å²) in [6.07, 6.45) is -0.692. The number of rotatable bonds is 3. The van der Waals surface area contributed by atoms with Crippen molar-refractivity contribution in [1.82, 2.24) is 0 Å². The van der Waals surface area contributed by atoms with Crippen molar-refractivity contribution in [2.75, 3.05) is 11.9 Å². The monoisotopic (exact) mass is 205 g/mol. The molecule has 0 spiro atoms. The molecule has 5 heteroatoms. The first-order valence-corrected chi connectivity index (χ1v) is 4.07. The van der Waals surface area contributed by atoms with E-state index in [0.29, 0.717) is 0 Å². The van der Waals surface area contributed by atoms with Crippen molar-refractivity contribution in [2.45, 2.75) is 13.0 Å². The first-order chi connectivity index (χ1) is 6.52. The predicted octanol–water partition coefficient (Wildman–Crippen LogP) is 1.90. The number of hydrogen-bond donors (Lipinski definition) is 2. The number of nitrogens with one attached hydrogen (secondary N) is 1. The Bertz CT molecular complexity index is 328. The highest BCUT2D eigenvalue weighted by Gasteiger charge is 2.12. The van der Waals surface area contributed by atoms with Gasteiger partial charge in [-0.05, 0) is 19.1 Å². The summed E-state index contributed by atoms with van der Waals surface area (Å²) in [5.74, 6) is -4.02. The lowest BCUT2D eigenvalue weighted by Crippen LogP contribution is -2.16. The highest BCUT2D eigenvalue weighted by Crippen LogP contribution is 2.19. The summed E-state index contributed by atoms with van der Waals surface area (Å²) >= 11 is 0. The molecule has 2 N–H and O–H groups in total. The van der Waals surface area contributed by atoms with Crippen LogP contribution in [0.15, 0.2) is 12.1 Å². The third kappa shape index (κ3) is 2.38. The molecule has 0 amide bonds. The molecule has 0 radical (unpaired) electrons. The minimum Gasteiger partial charge on any atom is -0.392 e. The highest BCUT2D eigenvalue weighted by molar-refractivity contribution is 5.45. The molecule has 0 aromatic heterocycles. The molecule has 1 aromatic carbocycles. The molecule has 1 aromatic rings. The molecule has 0 aliphatic rings. The Balaban J connectivity index is 2.83. The largest absolute Gasteiger partial charge is 0.392 e. The average Bonchev–Trinajstić information content (AvgIpc) is 2.13. The first-order valence-electron chi connectivity index (χ1n) is 4.07. The minimum atomic E-state index is -1.51. The van der Waals surface area contributed by atoms with E-state index in [1.165, 1.54) is 6.92 Å². The van der Waals surface area contributed by atoms with Crippen LogP contribution in [0.25, 0.3) is 0 Å². The van der Waals surface area contributed by atoms with Crippen LogP contribution in [0.1, 0.15) is 6.92 Å². The summed E-state index contributed by atoms with van der Waals surface area (Å²) in [7, 11) is 0. The zero-order valence-corrected chi connectivity index (χ0v) is 7.52. The lowest BCUT2D eigenvalue weighted by atomic mass is 10.2. The molecule has 0 aliphatic carbocycles. The summed E-state index contributed by atoms with van der Waals surface area (Å²) in [6.45, 7) is 1.56. The zero-order valence-electron chi connectivity index (χ0n) is 7.52. The van der Waals surface area contributed by atoms with Gasteiger partial charge in [-0.2, -0.15) is 0 Å². The van der Waals surface area contributed by atoms with Gasteiger partial charge < -0.3 is 10.4 Å². The van der Waals surface area contributed by atoms with E-state index in [1.807, 2.05) is 0 Å². The van der Waals surface area contributed by atoms with Crippen LogP contribution in [0.5, 0.6) is 0 Å². The van der Waals surface area contributed by atoms with Gasteiger partial charge in [0.2, 0.25) is 0 Å². The first kappa shape index (κ1) is 10.8. The Kier molecular flexibility index (Phi) is 3.35. The van der Waals surface area contributed by atoms with Crippen LogP contribution in [0.4, 0.5) is 18.9 Å². The number of anilines is 1. The molecule has 0 saturated carbocycles. The van der Waals surface area contributed by atoms with Crippen molar-refractivity contribution in [3.05, 3.63) is 29.6 Å². The van der Waals surface area contributed by atoms with Gasteiger partial charge in [0.1, 0.15) is 0 Å². The maximum absolute atomic E-state index is 13.0. The van der Waals surface area contributed by atoms with Gasteiger partial charge in [-0.1, -0.05) is 0 Å². The standard InChI is InChI=1S/C9H10F3NO/c1-5(14)4-13-7-3-2-6(10)8(11)9(7)12/h2-3,5,13-14H,4H2,1H3/t5-/m0/s1. The van der Waals surface area contributed by atoms with E-state index < -0.39 is 23.6 Å². The molecule has 0 unspecified atom stereocenters. The Morgan fingerprint density at radius 1 is 1.29 bits per heavy atom. The SMILES string of the molecule is C[C@H](O)CNc1ccc(F)c(F)c1F. The molecule has 0 heterocycles.